The van der Waals surface area contributed by atoms with Crippen LogP contribution in [0.3, 0.4) is 0 Å². The third-order valence-corrected chi connectivity index (χ3v) is 4.93. The number of hydrogen-bond acceptors (Lipinski definition) is 5. The molecular formula is C20H20ClN3O2. The summed E-state index contributed by atoms with van der Waals surface area (Å²) in [5.74, 6) is 1.42. The fraction of sp³-hybridized carbons (Fsp3) is 0.300. The van der Waals surface area contributed by atoms with Crippen LogP contribution in [-0.2, 0) is 4.74 Å². The molecule has 26 heavy (non-hydrogen) atoms. The summed E-state index contributed by atoms with van der Waals surface area (Å²) in [6, 6.07) is 13.8. The largest absolute Gasteiger partial charge is 0.497 e. The minimum Gasteiger partial charge on any atom is -0.497 e. The Morgan fingerprint density at radius 1 is 1.19 bits per heavy atom. The quantitative estimate of drug-likeness (QED) is 0.611. The summed E-state index contributed by atoms with van der Waals surface area (Å²) in [4.78, 5) is 11.4. The standard InChI is InChI=1S/C20H20ClN3O2/c1-3-26-18-10-11-24(17-9-8-13(25-2)12-15(17)18)20-22-16-7-5-4-6-14(16)19(21)23-20/h4-9,12,18H,3,10-11H2,1-2H3. The second-order valence-corrected chi connectivity index (χ2v) is 6.50. The molecule has 1 atom stereocenters. The van der Waals surface area contributed by atoms with E-state index in [1.54, 1.807) is 7.11 Å². The van der Waals surface area contributed by atoms with E-state index in [1.807, 2.05) is 49.4 Å². The number of hydrogen-bond donors (Lipinski definition) is 0. The number of benzene rings is 2. The lowest BCUT2D eigenvalue weighted by atomic mass is 9.98. The normalized spacial score (nSPS) is 16.6. The van der Waals surface area contributed by atoms with Crippen LogP contribution in [0.25, 0.3) is 10.9 Å². The van der Waals surface area contributed by atoms with Gasteiger partial charge in [0.1, 0.15) is 10.9 Å². The lowest BCUT2D eigenvalue weighted by Crippen LogP contribution is -2.29. The third kappa shape index (κ3) is 2.97. The van der Waals surface area contributed by atoms with Crippen molar-refractivity contribution in [2.24, 2.45) is 0 Å². The van der Waals surface area contributed by atoms with E-state index >= 15 is 0 Å². The predicted octanol–water partition coefficient (Wildman–Crippen LogP) is 4.91. The van der Waals surface area contributed by atoms with Gasteiger partial charge in [0.25, 0.3) is 0 Å². The number of nitrogens with zero attached hydrogens (tertiary/aromatic N) is 3. The summed E-state index contributed by atoms with van der Waals surface area (Å²) in [6.45, 7) is 3.44. The van der Waals surface area contributed by atoms with E-state index in [9.17, 15) is 0 Å². The number of halogens is 1. The van der Waals surface area contributed by atoms with Gasteiger partial charge in [0.15, 0.2) is 0 Å². The van der Waals surface area contributed by atoms with Crippen LogP contribution in [0.2, 0.25) is 5.15 Å². The summed E-state index contributed by atoms with van der Waals surface area (Å²) < 4.78 is 11.3. The van der Waals surface area contributed by atoms with Gasteiger partial charge in [-0.3, -0.25) is 0 Å². The molecule has 0 saturated heterocycles. The molecule has 1 unspecified atom stereocenters. The predicted molar refractivity (Wildman–Crippen MR) is 104 cm³/mol. The summed E-state index contributed by atoms with van der Waals surface area (Å²) in [5, 5.41) is 1.32. The number of fused-ring (bicyclic) bond motifs is 2. The topological polar surface area (TPSA) is 47.5 Å². The third-order valence-electron chi connectivity index (χ3n) is 4.64. The molecule has 1 aromatic heterocycles. The summed E-state index contributed by atoms with van der Waals surface area (Å²) in [5.41, 5.74) is 2.96. The van der Waals surface area contributed by atoms with Crippen molar-refractivity contribution in [2.75, 3.05) is 25.2 Å². The van der Waals surface area contributed by atoms with Gasteiger partial charge in [-0.2, -0.15) is 4.98 Å². The van der Waals surface area contributed by atoms with E-state index in [0.29, 0.717) is 17.7 Å². The highest BCUT2D eigenvalue weighted by Crippen LogP contribution is 2.41. The van der Waals surface area contributed by atoms with Crippen LogP contribution in [0, 0.1) is 0 Å². The zero-order valence-corrected chi connectivity index (χ0v) is 15.5. The van der Waals surface area contributed by atoms with Gasteiger partial charge in [-0.1, -0.05) is 23.7 Å². The second kappa shape index (κ2) is 7.09. The molecule has 4 rings (SSSR count). The number of anilines is 2. The molecule has 0 saturated carbocycles. The van der Waals surface area contributed by atoms with E-state index in [4.69, 9.17) is 26.1 Å². The first-order valence-corrected chi connectivity index (χ1v) is 9.08. The molecule has 1 aliphatic rings. The van der Waals surface area contributed by atoms with Crippen LogP contribution < -0.4 is 9.64 Å². The Morgan fingerprint density at radius 2 is 2.04 bits per heavy atom. The molecule has 0 radical (unpaired) electrons. The maximum Gasteiger partial charge on any atom is 0.231 e. The number of ether oxygens (including phenoxy) is 2. The van der Waals surface area contributed by atoms with Gasteiger partial charge >= 0.3 is 0 Å². The van der Waals surface area contributed by atoms with Crippen LogP contribution in [0.1, 0.15) is 25.0 Å². The number of methoxy groups -OCH3 is 1. The molecule has 5 nitrogen and oxygen atoms in total. The van der Waals surface area contributed by atoms with Crippen LogP contribution in [0.5, 0.6) is 5.75 Å². The Morgan fingerprint density at radius 3 is 2.85 bits per heavy atom. The van der Waals surface area contributed by atoms with Gasteiger partial charge in [-0.25, -0.2) is 4.98 Å². The van der Waals surface area contributed by atoms with Crippen LogP contribution in [0.15, 0.2) is 42.5 Å². The first-order valence-electron chi connectivity index (χ1n) is 8.70. The fourth-order valence-electron chi connectivity index (χ4n) is 3.41. The zero-order chi connectivity index (χ0) is 18.1. The zero-order valence-electron chi connectivity index (χ0n) is 14.8. The van der Waals surface area contributed by atoms with E-state index in [1.165, 1.54) is 0 Å². The van der Waals surface area contributed by atoms with Crippen molar-refractivity contribution >= 4 is 34.1 Å². The second-order valence-electron chi connectivity index (χ2n) is 6.14. The summed E-state index contributed by atoms with van der Waals surface area (Å²) in [6.07, 6.45) is 0.888. The molecule has 0 bridgehead atoms. The van der Waals surface area contributed by atoms with Crippen molar-refractivity contribution in [1.82, 2.24) is 9.97 Å². The van der Waals surface area contributed by atoms with Gasteiger partial charge in [-0.15, -0.1) is 0 Å². The maximum atomic E-state index is 6.41. The maximum absolute atomic E-state index is 6.41. The van der Waals surface area contributed by atoms with Gasteiger partial charge in [0.2, 0.25) is 5.95 Å². The SMILES string of the molecule is CCOC1CCN(c2nc(Cl)c3ccccc3n2)c2ccc(OC)cc21. The molecule has 0 N–H and O–H groups in total. The van der Waals surface area contributed by atoms with Crippen molar-refractivity contribution in [3.05, 3.63) is 53.2 Å². The average molecular weight is 370 g/mol. The molecular weight excluding hydrogens is 350 g/mol. The van der Waals surface area contributed by atoms with Gasteiger partial charge in [-0.05, 0) is 43.7 Å². The van der Waals surface area contributed by atoms with Crippen LogP contribution in [0.4, 0.5) is 11.6 Å². The molecule has 3 aromatic rings. The lowest BCUT2D eigenvalue weighted by Gasteiger charge is -2.34. The van der Waals surface area contributed by atoms with Gasteiger partial charge in [0, 0.05) is 29.8 Å². The van der Waals surface area contributed by atoms with E-state index < -0.39 is 0 Å². The smallest absolute Gasteiger partial charge is 0.231 e. The summed E-state index contributed by atoms with van der Waals surface area (Å²) in [7, 11) is 1.67. The molecule has 2 aromatic carbocycles. The first-order chi connectivity index (χ1) is 12.7. The number of para-hydroxylation sites is 1. The van der Waals surface area contributed by atoms with E-state index in [0.717, 1.165) is 40.9 Å². The molecule has 134 valence electrons. The molecule has 0 aliphatic carbocycles. The van der Waals surface area contributed by atoms with Crippen molar-refractivity contribution in [3.8, 4) is 5.75 Å². The molecule has 1 aliphatic heterocycles. The van der Waals surface area contributed by atoms with E-state index in [-0.39, 0.29) is 6.10 Å². The highest BCUT2D eigenvalue weighted by atomic mass is 35.5. The van der Waals surface area contributed by atoms with Crippen LogP contribution >= 0.6 is 11.6 Å². The van der Waals surface area contributed by atoms with Crippen LogP contribution in [-0.4, -0.2) is 30.2 Å². The van der Waals surface area contributed by atoms with Gasteiger partial charge in [0.05, 0.1) is 18.7 Å². The van der Waals surface area contributed by atoms with Crippen molar-refractivity contribution in [3.63, 3.8) is 0 Å². The van der Waals surface area contributed by atoms with Crippen molar-refractivity contribution in [1.29, 1.82) is 0 Å². The first kappa shape index (κ1) is 17.1. The van der Waals surface area contributed by atoms with Crippen molar-refractivity contribution < 1.29 is 9.47 Å². The molecule has 0 amide bonds. The van der Waals surface area contributed by atoms with E-state index in [2.05, 4.69) is 9.88 Å². The minimum absolute atomic E-state index is 0.0391. The van der Waals surface area contributed by atoms with Crippen molar-refractivity contribution in [2.45, 2.75) is 19.4 Å². The monoisotopic (exact) mass is 369 g/mol. The highest BCUT2D eigenvalue weighted by molar-refractivity contribution is 6.34. The summed E-state index contributed by atoms with van der Waals surface area (Å²) >= 11 is 6.41. The Labute approximate surface area is 157 Å². The fourth-order valence-corrected chi connectivity index (χ4v) is 3.65. The highest BCUT2D eigenvalue weighted by Gasteiger charge is 2.28. The average Bonchev–Trinajstić information content (AvgIpc) is 2.68. The molecule has 0 fully saturated rings. The Bertz CT molecular complexity index is 947. The molecule has 0 spiro atoms. The Hall–Kier alpha value is -2.37. The molecule has 6 heteroatoms. The van der Waals surface area contributed by atoms with Gasteiger partial charge < -0.3 is 14.4 Å². The number of rotatable bonds is 4. The Balaban J connectivity index is 1.82. The lowest BCUT2D eigenvalue weighted by molar-refractivity contribution is 0.0552. The Kier molecular flexibility index (Phi) is 4.66. The number of aromatic nitrogens is 2. The minimum atomic E-state index is 0.0391. The molecule has 2 heterocycles.